The zero-order valence-electron chi connectivity index (χ0n) is 15.3. The van der Waals surface area contributed by atoms with Crippen LogP contribution in [0.2, 0.25) is 0 Å². The first-order valence-corrected chi connectivity index (χ1v) is 7.96. The molecule has 2 aromatic carbocycles. The van der Waals surface area contributed by atoms with Crippen molar-refractivity contribution in [2.75, 3.05) is 28.4 Å². The van der Waals surface area contributed by atoms with Crippen molar-refractivity contribution < 1.29 is 28.2 Å². The minimum absolute atomic E-state index is 0.353. The molecule has 3 aromatic rings. The number of esters is 1. The summed E-state index contributed by atoms with van der Waals surface area (Å²) >= 11 is 0. The van der Waals surface area contributed by atoms with Crippen LogP contribution in [0.4, 0.5) is 0 Å². The van der Waals surface area contributed by atoms with Crippen molar-refractivity contribution in [1.29, 1.82) is 0 Å². The average Bonchev–Trinajstić information content (AvgIpc) is 3.08. The molecule has 6 nitrogen and oxygen atoms in total. The van der Waals surface area contributed by atoms with Crippen LogP contribution in [0.5, 0.6) is 17.2 Å². The Balaban J connectivity index is 2.35. The van der Waals surface area contributed by atoms with Crippen molar-refractivity contribution in [3.8, 4) is 28.6 Å². The van der Waals surface area contributed by atoms with Crippen LogP contribution in [0.3, 0.4) is 0 Å². The van der Waals surface area contributed by atoms with Gasteiger partial charge in [0.2, 0.25) is 0 Å². The van der Waals surface area contributed by atoms with Crippen LogP contribution in [-0.2, 0) is 4.74 Å². The van der Waals surface area contributed by atoms with E-state index >= 15 is 0 Å². The molecule has 0 radical (unpaired) electrons. The SMILES string of the molecule is COC(=O)c1c(-c2ccc(OC)c(OC)c2)oc2c(OC)ccc(C)c12. The highest BCUT2D eigenvalue weighted by Gasteiger charge is 2.26. The monoisotopic (exact) mass is 356 g/mol. The number of methoxy groups -OCH3 is 4. The third kappa shape index (κ3) is 2.73. The summed E-state index contributed by atoms with van der Waals surface area (Å²) in [5.74, 6) is 1.57. The van der Waals surface area contributed by atoms with Crippen molar-refractivity contribution in [2.45, 2.75) is 6.92 Å². The van der Waals surface area contributed by atoms with Crippen molar-refractivity contribution in [3.63, 3.8) is 0 Å². The number of aryl methyl sites for hydroxylation is 1. The number of hydrogen-bond donors (Lipinski definition) is 0. The van der Waals surface area contributed by atoms with Gasteiger partial charge in [-0.3, -0.25) is 0 Å². The first-order valence-electron chi connectivity index (χ1n) is 7.96. The highest BCUT2D eigenvalue weighted by molar-refractivity contribution is 6.11. The number of rotatable bonds is 5. The molecule has 0 bridgehead atoms. The lowest BCUT2D eigenvalue weighted by molar-refractivity contribution is 0.0603. The molecule has 0 saturated heterocycles. The molecule has 136 valence electrons. The predicted molar refractivity (Wildman–Crippen MR) is 97.4 cm³/mol. The number of furan rings is 1. The fraction of sp³-hybridized carbons (Fsp3) is 0.250. The minimum Gasteiger partial charge on any atom is -0.493 e. The number of carbonyl (C=O) groups is 1. The summed E-state index contributed by atoms with van der Waals surface area (Å²) in [6, 6.07) is 8.99. The van der Waals surface area contributed by atoms with E-state index in [1.807, 2.05) is 13.0 Å². The van der Waals surface area contributed by atoms with Gasteiger partial charge in [-0.2, -0.15) is 0 Å². The van der Waals surface area contributed by atoms with Gasteiger partial charge in [-0.05, 0) is 36.8 Å². The lowest BCUT2D eigenvalue weighted by atomic mass is 10.0. The third-order valence-corrected chi connectivity index (χ3v) is 4.27. The molecule has 1 aromatic heterocycles. The van der Waals surface area contributed by atoms with Crippen LogP contribution >= 0.6 is 0 Å². The molecular formula is C20H20O6. The zero-order chi connectivity index (χ0) is 18.8. The van der Waals surface area contributed by atoms with E-state index in [1.165, 1.54) is 7.11 Å². The van der Waals surface area contributed by atoms with Crippen molar-refractivity contribution in [1.82, 2.24) is 0 Å². The first kappa shape index (κ1) is 17.7. The summed E-state index contributed by atoms with van der Waals surface area (Å²) in [4.78, 5) is 12.5. The Bertz CT molecular complexity index is 970. The molecule has 0 aliphatic heterocycles. The maximum Gasteiger partial charge on any atom is 0.342 e. The van der Waals surface area contributed by atoms with E-state index in [1.54, 1.807) is 45.6 Å². The molecule has 0 unspecified atom stereocenters. The van der Waals surface area contributed by atoms with Crippen LogP contribution < -0.4 is 14.2 Å². The lowest BCUT2D eigenvalue weighted by Gasteiger charge is -2.09. The van der Waals surface area contributed by atoms with Crippen LogP contribution in [0.1, 0.15) is 15.9 Å². The molecule has 0 saturated carbocycles. The highest BCUT2D eigenvalue weighted by atomic mass is 16.5. The quantitative estimate of drug-likeness (QED) is 0.638. The van der Waals surface area contributed by atoms with Gasteiger partial charge in [-0.1, -0.05) is 6.07 Å². The fourth-order valence-corrected chi connectivity index (χ4v) is 2.98. The van der Waals surface area contributed by atoms with E-state index < -0.39 is 5.97 Å². The zero-order valence-corrected chi connectivity index (χ0v) is 15.3. The van der Waals surface area contributed by atoms with E-state index in [0.717, 1.165) is 5.56 Å². The standard InChI is InChI=1S/C20H20O6/c1-11-6-8-14(23-3)19-16(11)17(20(21)25-5)18(26-19)12-7-9-13(22-2)15(10-12)24-4/h6-10H,1-5H3. The Morgan fingerprint density at radius 1 is 0.885 bits per heavy atom. The summed E-state index contributed by atoms with van der Waals surface area (Å²) in [7, 11) is 6.01. The van der Waals surface area contributed by atoms with Gasteiger partial charge in [0.25, 0.3) is 0 Å². The maximum atomic E-state index is 12.5. The minimum atomic E-state index is -0.482. The van der Waals surface area contributed by atoms with Gasteiger partial charge in [-0.15, -0.1) is 0 Å². The Hall–Kier alpha value is -3.15. The molecule has 0 spiro atoms. The van der Waals surface area contributed by atoms with Gasteiger partial charge in [0.15, 0.2) is 22.8 Å². The number of ether oxygens (including phenoxy) is 4. The Morgan fingerprint density at radius 3 is 2.15 bits per heavy atom. The fourth-order valence-electron chi connectivity index (χ4n) is 2.98. The Kier molecular flexibility index (Phi) is 4.75. The van der Waals surface area contributed by atoms with E-state index in [9.17, 15) is 4.79 Å². The Morgan fingerprint density at radius 2 is 1.54 bits per heavy atom. The summed E-state index contributed by atoms with van der Waals surface area (Å²) in [5.41, 5.74) is 2.40. The predicted octanol–water partition coefficient (Wildman–Crippen LogP) is 4.22. The van der Waals surface area contributed by atoms with Gasteiger partial charge in [0.05, 0.1) is 28.4 Å². The molecule has 0 fully saturated rings. The molecule has 0 N–H and O–H groups in total. The van der Waals surface area contributed by atoms with Gasteiger partial charge >= 0.3 is 5.97 Å². The maximum absolute atomic E-state index is 12.5. The van der Waals surface area contributed by atoms with E-state index in [0.29, 0.717) is 45.1 Å². The molecule has 3 rings (SSSR count). The van der Waals surface area contributed by atoms with E-state index in [-0.39, 0.29) is 0 Å². The topological polar surface area (TPSA) is 67.1 Å². The summed E-state index contributed by atoms with van der Waals surface area (Å²) in [5, 5.41) is 0.668. The van der Waals surface area contributed by atoms with Crippen molar-refractivity contribution >= 4 is 16.9 Å². The van der Waals surface area contributed by atoms with Gasteiger partial charge in [0.1, 0.15) is 11.3 Å². The molecular weight excluding hydrogens is 336 g/mol. The number of hydrogen-bond acceptors (Lipinski definition) is 6. The smallest absolute Gasteiger partial charge is 0.342 e. The molecule has 0 amide bonds. The lowest BCUT2D eigenvalue weighted by Crippen LogP contribution is -2.03. The average molecular weight is 356 g/mol. The van der Waals surface area contributed by atoms with Gasteiger partial charge in [0, 0.05) is 10.9 Å². The van der Waals surface area contributed by atoms with Crippen molar-refractivity contribution in [2.24, 2.45) is 0 Å². The third-order valence-electron chi connectivity index (χ3n) is 4.27. The number of carbonyl (C=O) groups excluding carboxylic acids is 1. The molecule has 0 atom stereocenters. The van der Waals surface area contributed by atoms with Crippen LogP contribution in [0.15, 0.2) is 34.7 Å². The van der Waals surface area contributed by atoms with Crippen molar-refractivity contribution in [3.05, 3.63) is 41.5 Å². The summed E-state index contributed by atoms with van der Waals surface area (Å²) in [6.07, 6.45) is 0. The van der Waals surface area contributed by atoms with E-state index in [2.05, 4.69) is 0 Å². The highest BCUT2D eigenvalue weighted by Crippen LogP contribution is 2.42. The largest absolute Gasteiger partial charge is 0.493 e. The second-order valence-corrected chi connectivity index (χ2v) is 5.66. The van der Waals surface area contributed by atoms with Crippen LogP contribution in [0.25, 0.3) is 22.3 Å². The second kappa shape index (κ2) is 7.00. The first-order chi connectivity index (χ1) is 12.5. The van der Waals surface area contributed by atoms with Gasteiger partial charge < -0.3 is 23.4 Å². The normalized spacial score (nSPS) is 10.7. The molecule has 0 aliphatic carbocycles. The van der Waals surface area contributed by atoms with E-state index in [4.69, 9.17) is 23.4 Å². The summed E-state index contributed by atoms with van der Waals surface area (Å²) in [6.45, 7) is 1.90. The molecule has 26 heavy (non-hydrogen) atoms. The number of benzene rings is 2. The molecule has 6 heteroatoms. The number of fused-ring (bicyclic) bond motifs is 1. The van der Waals surface area contributed by atoms with Crippen LogP contribution in [0, 0.1) is 6.92 Å². The summed E-state index contributed by atoms with van der Waals surface area (Å²) < 4.78 is 27.1. The second-order valence-electron chi connectivity index (χ2n) is 5.66. The van der Waals surface area contributed by atoms with Gasteiger partial charge in [-0.25, -0.2) is 4.79 Å². The van der Waals surface area contributed by atoms with Crippen LogP contribution in [-0.4, -0.2) is 34.4 Å². The molecule has 0 aliphatic rings. The Labute approximate surface area is 151 Å². The molecule has 1 heterocycles.